The Morgan fingerprint density at radius 3 is 2.16 bits per heavy atom. The minimum absolute atomic E-state index is 0. The van der Waals surface area contributed by atoms with Gasteiger partial charge in [0.15, 0.2) is 0 Å². The Morgan fingerprint density at radius 2 is 1.58 bits per heavy atom. The lowest BCUT2D eigenvalue weighted by Gasteiger charge is -2.10. The van der Waals surface area contributed by atoms with Crippen LogP contribution in [0.15, 0.2) is 36.4 Å². The third kappa shape index (κ3) is 3.96. The molecule has 102 valence electrons. The molecule has 0 saturated carbocycles. The van der Waals surface area contributed by atoms with Gasteiger partial charge in [0.25, 0.3) is 0 Å². The topological polar surface area (TPSA) is 90.1 Å². The van der Waals surface area contributed by atoms with Gasteiger partial charge >= 0.3 is 0 Å². The maximum Gasteiger partial charge on any atom is 0.0402 e. The van der Waals surface area contributed by atoms with Crippen molar-refractivity contribution >= 4 is 35.2 Å². The lowest BCUT2D eigenvalue weighted by atomic mass is 10.1. The van der Waals surface area contributed by atoms with Gasteiger partial charge in [0.05, 0.1) is 0 Å². The van der Waals surface area contributed by atoms with Crippen molar-refractivity contribution in [3.63, 3.8) is 0 Å². The minimum Gasteiger partial charge on any atom is -0.399 e. The van der Waals surface area contributed by atoms with E-state index in [0.29, 0.717) is 17.9 Å². The SMILES string of the molecule is Cc1cc(NCc2cc(N)cc(N)c2)ccc1N.Cl. The van der Waals surface area contributed by atoms with Crippen molar-refractivity contribution in [1.29, 1.82) is 0 Å². The van der Waals surface area contributed by atoms with E-state index < -0.39 is 0 Å². The summed E-state index contributed by atoms with van der Waals surface area (Å²) in [6, 6.07) is 11.4. The third-order valence-corrected chi connectivity index (χ3v) is 2.80. The molecule has 2 aromatic rings. The second-order valence-corrected chi connectivity index (χ2v) is 4.43. The van der Waals surface area contributed by atoms with E-state index in [1.165, 1.54) is 0 Å². The predicted molar refractivity (Wildman–Crippen MR) is 85.4 cm³/mol. The van der Waals surface area contributed by atoms with Gasteiger partial charge in [-0.15, -0.1) is 12.4 Å². The van der Waals surface area contributed by atoms with Crippen molar-refractivity contribution in [2.45, 2.75) is 13.5 Å². The van der Waals surface area contributed by atoms with Gasteiger partial charge in [-0.2, -0.15) is 0 Å². The molecule has 0 radical (unpaired) electrons. The maximum absolute atomic E-state index is 5.77. The van der Waals surface area contributed by atoms with Crippen molar-refractivity contribution < 1.29 is 0 Å². The zero-order chi connectivity index (χ0) is 13.1. The molecule has 0 aliphatic carbocycles. The Kier molecular flexibility index (Phi) is 4.89. The fourth-order valence-corrected chi connectivity index (χ4v) is 1.84. The van der Waals surface area contributed by atoms with Crippen molar-refractivity contribution in [3.8, 4) is 0 Å². The Bertz CT molecular complexity index is 549. The smallest absolute Gasteiger partial charge is 0.0402 e. The van der Waals surface area contributed by atoms with E-state index in [-0.39, 0.29) is 12.4 Å². The highest BCUT2D eigenvalue weighted by molar-refractivity contribution is 5.85. The standard InChI is InChI=1S/C14H18N4.ClH/c1-9-4-13(2-3-14(9)17)18-8-10-5-11(15)7-12(16)6-10;/h2-7,18H,8,15-17H2,1H3;1H. The quantitative estimate of drug-likeness (QED) is 0.650. The summed E-state index contributed by atoms with van der Waals surface area (Å²) in [6.07, 6.45) is 0. The average molecular weight is 279 g/mol. The first-order chi connectivity index (χ1) is 8.54. The molecule has 7 N–H and O–H groups in total. The molecule has 2 rings (SSSR count). The second-order valence-electron chi connectivity index (χ2n) is 4.43. The molecule has 0 aliphatic rings. The molecular weight excluding hydrogens is 260 g/mol. The Balaban J connectivity index is 0.00000180. The first-order valence-electron chi connectivity index (χ1n) is 5.79. The molecule has 0 spiro atoms. The molecule has 0 bridgehead atoms. The van der Waals surface area contributed by atoms with Crippen molar-refractivity contribution in [1.82, 2.24) is 0 Å². The van der Waals surface area contributed by atoms with Crippen LogP contribution in [-0.4, -0.2) is 0 Å². The van der Waals surface area contributed by atoms with Crippen LogP contribution in [-0.2, 0) is 6.54 Å². The average Bonchev–Trinajstić information content (AvgIpc) is 2.29. The summed E-state index contributed by atoms with van der Waals surface area (Å²) >= 11 is 0. The first kappa shape index (κ1) is 15.0. The van der Waals surface area contributed by atoms with Crippen LogP contribution in [0.25, 0.3) is 0 Å². The molecule has 0 saturated heterocycles. The summed E-state index contributed by atoms with van der Waals surface area (Å²) in [5.74, 6) is 0. The van der Waals surface area contributed by atoms with Gasteiger partial charge in [-0.1, -0.05) is 0 Å². The predicted octanol–water partition coefficient (Wildman–Crippen LogP) is 2.78. The van der Waals surface area contributed by atoms with Crippen LogP contribution in [0, 0.1) is 6.92 Å². The summed E-state index contributed by atoms with van der Waals surface area (Å²) in [5.41, 5.74) is 22.6. The summed E-state index contributed by atoms with van der Waals surface area (Å²) in [7, 11) is 0. The Morgan fingerprint density at radius 1 is 0.947 bits per heavy atom. The summed E-state index contributed by atoms with van der Waals surface area (Å²) in [4.78, 5) is 0. The van der Waals surface area contributed by atoms with Crippen LogP contribution in [0.3, 0.4) is 0 Å². The monoisotopic (exact) mass is 278 g/mol. The molecule has 5 heteroatoms. The molecule has 4 nitrogen and oxygen atoms in total. The highest BCUT2D eigenvalue weighted by Gasteiger charge is 1.99. The molecular formula is C14H19ClN4. The van der Waals surface area contributed by atoms with E-state index in [4.69, 9.17) is 17.2 Å². The fraction of sp³-hybridized carbons (Fsp3) is 0.143. The number of benzene rings is 2. The minimum atomic E-state index is 0. The van der Waals surface area contributed by atoms with Gasteiger partial charge in [-0.25, -0.2) is 0 Å². The van der Waals surface area contributed by atoms with Crippen molar-refractivity contribution in [3.05, 3.63) is 47.5 Å². The lowest BCUT2D eigenvalue weighted by Crippen LogP contribution is -2.02. The molecule has 0 aromatic heterocycles. The number of nitrogen functional groups attached to an aromatic ring is 3. The number of rotatable bonds is 3. The molecule has 0 heterocycles. The van der Waals surface area contributed by atoms with Gasteiger partial charge in [0, 0.05) is 29.3 Å². The lowest BCUT2D eigenvalue weighted by molar-refractivity contribution is 1.15. The van der Waals surface area contributed by atoms with Crippen LogP contribution in [0.5, 0.6) is 0 Å². The van der Waals surface area contributed by atoms with Crippen LogP contribution in [0.4, 0.5) is 22.7 Å². The van der Waals surface area contributed by atoms with Gasteiger partial charge in [-0.3, -0.25) is 0 Å². The zero-order valence-electron chi connectivity index (χ0n) is 10.8. The molecule has 0 aliphatic heterocycles. The highest BCUT2D eigenvalue weighted by Crippen LogP contribution is 2.19. The highest BCUT2D eigenvalue weighted by atomic mass is 35.5. The van der Waals surface area contributed by atoms with Crippen LogP contribution < -0.4 is 22.5 Å². The molecule has 19 heavy (non-hydrogen) atoms. The van der Waals surface area contributed by atoms with E-state index in [1.54, 1.807) is 6.07 Å². The van der Waals surface area contributed by atoms with Crippen LogP contribution in [0.1, 0.15) is 11.1 Å². The molecule has 2 aromatic carbocycles. The zero-order valence-corrected chi connectivity index (χ0v) is 11.6. The number of anilines is 4. The first-order valence-corrected chi connectivity index (χ1v) is 5.79. The van der Waals surface area contributed by atoms with Gasteiger partial charge < -0.3 is 22.5 Å². The summed E-state index contributed by atoms with van der Waals surface area (Å²) < 4.78 is 0. The van der Waals surface area contributed by atoms with E-state index in [1.807, 2.05) is 37.3 Å². The number of halogens is 1. The number of nitrogens with two attached hydrogens (primary N) is 3. The number of nitrogens with one attached hydrogen (secondary N) is 1. The molecule has 0 atom stereocenters. The number of hydrogen-bond donors (Lipinski definition) is 4. The maximum atomic E-state index is 5.77. The van der Waals surface area contributed by atoms with E-state index in [9.17, 15) is 0 Å². The molecule has 0 fully saturated rings. The third-order valence-electron chi connectivity index (χ3n) is 2.80. The number of aryl methyl sites for hydroxylation is 1. The summed E-state index contributed by atoms with van der Waals surface area (Å²) in [6.45, 7) is 2.66. The van der Waals surface area contributed by atoms with Gasteiger partial charge in [0.1, 0.15) is 0 Å². The number of hydrogen-bond acceptors (Lipinski definition) is 4. The Hall–Kier alpha value is -2.07. The summed E-state index contributed by atoms with van der Waals surface area (Å²) in [5, 5.41) is 3.32. The van der Waals surface area contributed by atoms with Crippen LogP contribution >= 0.6 is 12.4 Å². The van der Waals surface area contributed by atoms with E-state index in [0.717, 1.165) is 22.5 Å². The fourth-order valence-electron chi connectivity index (χ4n) is 1.84. The van der Waals surface area contributed by atoms with Gasteiger partial charge in [0.2, 0.25) is 0 Å². The van der Waals surface area contributed by atoms with Crippen molar-refractivity contribution in [2.24, 2.45) is 0 Å². The Labute approximate surface area is 119 Å². The van der Waals surface area contributed by atoms with E-state index in [2.05, 4.69) is 5.32 Å². The second kappa shape index (κ2) is 6.20. The largest absolute Gasteiger partial charge is 0.399 e. The normalized spacial score (nSPS) is 9.74. The molecule has 0 unspecified atom stereocenters. The van der Waals surface area contributed by atoms with Gasteiger partial charge in [-0.05, 0) is 54.4 Å². The van der Waals surface area contributed by atoms with Crippen molar-refractivity contribution in [2.75, 3.05) is 22.5 Å². The van der Waals surface area contributed by atoms with E-state index >= 15 is 0 Å². The molecule has 0 amide bonds. The van der Waals surface area contributed by atoms with Crippen LogP contribution in [0.2, 0.25) is 0 Å².